The molecule has 1 aliphatic rings. The van der Waals surface area contributed by atoms with E-state index in [1.54, 1.807) is 7.11 Å². The van der Waals surface area contributed by atoms with Crippen molar-refractivity contribution in [3.05, 3.63) is 34.4 Å². The highest BCUT2D eigenvalue weighted by atomic mass is 79.9. The number of anilines is 1. The summed E-state index contributed by atoms with van der Waals surface area (Å²) >= 11 is 3.55. The molecular formula is C16H18BrN3O. The van der Waals surface area contributed by atoms with Crippen molar-refractivity contribution in [1.29, 1.82) is 0 Å². The Balaban J connectivity index is 2.05. The summed E-state index contributed by atoms with van der Waals surface area (Å²) in [4.78, 5) is 9.14. The fourth-order valence-electron chi connectivity index (χ4n) is 2.84. The number of aromatic nitrogens is 2. The smallest absolute Gasteiger partial charge is 0.163 e. The lowest BCUT2D eigenvalue weighted by Gasteiger charge is -2.12. The molecule has 110 valence electrons. The number of hydrogen-bond donors (Lipinski definition) is 1. The van der Waals surface area contributed by atoms with E-state index < -0.39 is 0 Å². The average Bonchev–Trinajstić information content (AvgIpc) is 3.01. The number of rotatable bonds is 3. The van der Waals surface area contributed by atoms with E-state index in [-0.39, 0.29) is 0 Å². The maximum atomic E-state index is 5.99. The SMILES string of the molecule is COc1ccc(Br)c(-c2nc(N)cc(C3CCCC3)n2)c1. The molecule has 1 saturated carbocycles. The molecule has 2 aromatic rings. The van der Waals surface area contributed by atoms with Gasteiger partial charge in [-0.1, -0.05) is 28.8 Å². The largest absolute Gasteiger partial charge is 0.497 e. The molecule has 0 bridgehead atoms. The molecule has 1 fully saturated rings. The van der Waals surface area contributed by atoms with Crippen LogP contribution < -0.4 is 10.5 Å². The highest BCUT2D eigenvalue weighted by Gasteiger charge is 2.20. The maximum absolute atomic E-state index is 5.99. The summed E-state index contributed by atoms with van der Waals surface area (Å²) in [5, 5.41) is 0. The van der Waals surface area contributed by atoms with Gasteiger partial charge in [-0.3, -0.25) is 0 Å². The molecule has 1 aromatic carbocycles. The van der Waals surface area contributed by atoms with Gasteiger partial charge in [-0.05, 0) is 31.0 Å². The van der Waals surface area contributed by atoms with Crippen LogP contribution in [-0.2, 0) is 0 Å². The van der Waals surface area contributed by atoms with Crippen molar-refractivity contribution in [2.45, 2.75) is 31.6 Å². The molecular weight excluding hydrogens is 330 g/mol. The topological polar surface area (TPSA) is 61.0 Å². The summed E-state index contributed by atoms with van der Waals surface area (Å²) in [5.41, 5.74) is 7.95. The summed E-state index contributed by atoms with van der Waals surface area (Å²) in [7, 11) is 1.65. The molecule has 0 spiro atoms. The van der Waals surface area contributed by atoms with Gasteiger partial charge in [0.05, 0.1) is 7.11 Å². The van der Waals surface area contributed by atoms with E-state index in [0.29, 0.717) is 17.6 Å². The Morgan fingerprint density at radius 2 is 1.95 bits per heavy atom. The summed E-state index contributed by atoms with van der Waals surface area (Å²) < 4.78 is 6.22. The summed E-state index contributed by atoms with van der Waals surface area (Å²) in [6.07, 6.45) is 4.92. The first-order chi connectivity index (χ1) is 10.2. The molecule has 4 nitrogen and oxygen atoms in total. The summed E-state index contributed by atoms with van der Waals surface area (Å²) in [6.45, 7) is 0. The van der Waals surface area contributed by atoms with Crippen LogP contribution in [0.2, 0.25) is 0 Å². The van der Waals surface area contributed by atoms with Crippen LogP contribution >= 0.6 is 15.9 Å². The van der Waals surface area contributed by atoms with E-state index in [0.717, 1.165) is 21.5 Å². The molecule has 21 heavy (non-hydrogen) atoms. The number of nitrogens with two attached hydrogens (primary N) is 1. The molecule has 0 radical (unpaired) electrons. The molecule has 0 amide bonds. The normalized spacial score (nSPS) is 15.3. The first kappa shape index (κ1) is 14.3. The van der Waals surface area contributed by atoms with Crippen molar-refractivity contribution < 1.29 is 4.74 Å². The van der Waals surface area contributed by atoms with Crippen LogP contribution in [0.15, 0.2) is 28.7 Å². The van der Waals surface area contributed by atoms with E-state index >= 15 is 0 Å². The van der Waals surface area contributed by atoms with Gasteiger partial charge >= 0.3 is 0 Å². The molecule has 0 unspecified atom stereocenters. The van der Waals surface area contributed by atoms with Crippen LogP contribution in [-0.4, -0.2) is 17.1 Å². The summed E-state index contributed by atoms with van der Waals surface area (Å²) in [6, 6.07) is 7.68. The fraction of sp³-hybridized carbons (Fsp3) is 0.375. The molecule has 2 N–H and O–H groups in total. The number of halogens is 1. The number of ether oxygens (including phenoxy) is 1. The molecule has 3 rings (SSSR count). The highest BCUT2D eigenvalue weighted by molar-refractivity contribution is 9.10. The van der Waals surface area contributed by atoms with Gasteiger partial charge in [-0.2, -0.15) is 0 Å². The number of nitrogen functional groups attached to an aromatic ring is 1. The van der Waals surface area contributed by atoms with Crippen molar-refractivity contribution in [2.24, 2.45) is 0 Å². The predicted molar refractivity (Wildman–Crippen MR) is 87.3 cm³/mol. The maximum Gasteiger partial charge on any atom is 0.163 e. The zero-order chi connectivity index (χ0) is 14.8. The Labute approximate surface area is 132 Å². The van der Waals surface area contributed by atoms with Gasteiger partial charge < -0.3 is 10.5 Å². The summed E-state index contributed by atoms with van der Waals surface area (Å²) in [5.74, 6) is 2.47. The van der Waals surface area contributed by atoms with E-state index in [1.165, 1.54) is 25.7 Å². The zero-order valence-corrected chi connectivity index (χ0v) is 13.6. The van der Waals surface area contributed by atoms with Gasteiger partial charge in [0.25, 0.3) is 0 Å². The lowest BCUT2D eigenvalue weighted by Crippen LogP contribution is -2.04. The third-order valence-corrected chi connectivity index (χ3v) is 4.65. The van der Waals surface area contributed by atoms with Crippen LogP contribution in [0.4, 0.5) is 5.82 Å². The van der Waals surface area contributed by atoms with Crippen LogP contribution in [0.5, 0.6) is 5.75 Å². The van der Waals surface area contributed by atoms with Gasteiger partial charge in [-0.25, -0.2) is 9.97 Å². The number of benzene rings is 1. The Kier molecular flexibility index (Phi) is 4.10. The third-order valence-electron chi connectivity index (χ3n) is 3.95. The van der Waals surface area contributed by atoms with Crippen molar-refractivity contribution in [3.8, 4) is 17.1 Å². The third kappa shape index (κ3) is 3.02. The minimum atomic E-state index is 0.512. The minimum absolute atomic E-state index is 0.512. The van der Waals surface area contributed by atoms with E-state index in [4.69, 9.17) is 15.5 Å². The molecule has 1 aromatic heterocycles. The Morgan fingerprint density at radius 1 is 1.19 bits per heavy atom. The fourth-order valence-corrected chi connectivity index (χ4v) is 3.26. The van der Waals surface area contributed by atoms with Gasteiger partial charge in [0.1, 0.15) is 11.6 Å². The second-order valence-electron chi connectivity index (χ2n) is 5.37. The van der Waals surface area contributed by atoms with Crippen LogP contribution in [0.3, 0.4) is 0 Å². The van der Waals surface area contributed by atoms with Crippen LogP contribution in [0.1, 0.15) is 37.3 Å². The van der Waals surface area contributed by atoms with Crippen molar-refractivity contribution in [3.63, 3.8) is 0 Å². The second-order valence-corrected chi connectivity index (χ2v) is 6.22. The number of methoxy groups -OCH3 is 1. The van der Waals surface area contributed by atoms with E-state index in [1.807, 2.05) is 24.3 Å². The predicted octanol–water partition coefficient (Wildman–Crippen LogP) is 4.15. The first-order valence-electron chi connectivity index (χ1n) is 7.16. The van der Waals surface area contributed by atoms with Gasteiger partial charge in [-0.15, -0.1) is 0 Å². The first-order valence-corrected chi connectivity index (χ1v) is 7.95. The van der Waals surface area contributed by atoms with Crippen molar-refractivity contribution in [2.75, 3.05) is 12.8 Å². The second kappa shape index (κ2) is 6.02. The molecule has 0 saturated heterocycles. The lowest BCUT2D eigenvalue weighted by molar-refractivity contribution is 0.415. The molecule has 5 heteroatoms. The Hall–Kier alpha value is -1.62. The van der Waals surface area contributed by atoms with Crippen LogP contribution in [0, 0.1) is 0 Å². The van der Waals surface area contributed by atoms with Gasteiger partial charge in [0, 0.05) is 27.7 Å². The Bertz CT molecular complexity index is 654. The molecule has 0 atom stereocenters. The van der Waals surface area contributed by atoms with E-state index in [9.17, 15) is 0 Å². The minimum Gasteiger partial charge on any atom is -0.497 e. The molecule has 1 heterocycles. The van der Waals surface area contributed by atoms with Crippen molar-refractivity contribution in [1.82, 2.24) is 9.97 Å². The molecule has 1 aliphatic carbocycles. The standard InChI is InChI=1S/C16H18BrN3O/c1-21-11-6-7-13(17)12(8-11)16-19-14(9-15(18)20-16)10-4-2-3-5-10/h6-10H,2-5H2,1H3,(H2,18,19,20). The number of hydrogen-bond acceptors (Lipinski definition) is 4. The number of nitrogens with zero attached hydrogens (tertiary/aromatic N) is 2. The van der Waals surface area contributed by atoms with Gasteiger partial charge in [0.2, 0.25) is 0 Å². The van der Waals surface area contributed by atoms with Crippen LogP contribution in [0.25, 0.3) is 11.4 Å². The lowest BCUT2D eigenvalue weighted by atomic mass is 10.0. The highest BCUT2D eigenvalue weighted by Crippen LogP contribution is 2.36. The van der Waals surface area contributed by atoms with Gasteiger partial charge in [0.15, 0.2) is 5.82 Å². The Morgan fingerprint density at radius 3 is 2.67 bits per heavy atom. The zero-order valence-electron chi connectivity index (χ0n) is 12.0. The molecule has 0 aliphatic heterocycles. The monoisotopic (exact) mass is 347 g/mol. The van der Waals surface area contributed by atoms with Crippen molar-refractivity contribution >= 4 is 21.7 Å². The van der Waals surface area contributed by atoms with E-state index in [2.05, 4.69) is 20.9 Å². The quantitative estimate of drug-likeness (QED) is 0.905. The average molecular weight is 348 g/mol.